The standard InChI is InChI=1S/C20H22N6O3/c27-18-5-4-16(19(28)23-18)25-11-15-12(2-1-3-14(15)20(25)29)8-22-17-6-7-26(24-17)13-9-21-10-13/h1-3,6-7,13,16,21H,4-5,8-11H2,(H,22,24)(H,23,27,28). The van der Waals surface area contributed by atoms with E-state index in [1.807, 2.05) is 29.1 Å². The van der Waals surface area contributed by atoms with E-state index in [1.54, 1.807) is 11.0 Å². The van der Waals surface area contributed by atoms with Crippen LogP contribution in [0, 0.1) is 0 Å². The van der Waals surface area contributed by atoms with Crippen LogP contribution in [0.2, 0.25) is 0 Å². The fraction of sp³-hybridized carbons (Fsp3) is 0.400. The second-order valence-corrected chi connectivity index (χ2v) is 7.69. The number of amides is 3. The normalized spacial score (nSPS) is 21.7. The van der Waals surface area contributed by atoms with Gasteiger partial charge in [-0.15, -0.1) is 0 Å². The van der Waals surface area contributed by atoms with Crippen LogP contribution in [0.4, 0.5) is 5.82 Å². The van der Waals surface area contributed by atoms with Crippen molar-refractivity contribution in [3.8, 4) is 0 Å². The van der Waals surface area contributed by atoms with Crippen LogP contribution < -0.4 is 16.0 Å². The van der Waals surface area contributed by atoms with Crippen LogP contribution in [0.1, 0.15) is 40.4 Å². The summed E-state index contributed by atoms with van der Waals surface area (Å²) in [5.74, 6) is -0.0329. The van der Waals surface area contributed by atoms with Crippen molar-refractivity contribution in [1.82, 2.24) is 25.3 Å². The lowest BCUT2D eigenvalue weighted by atomic mass is 10.0. The Hall–Kier alpha value is -3.20. The first-order chi connectivity index (χ1) is 14.1. The number of nitrogens with zero attached hydrogens (tertiary/aromatic N) is 3. The number of hydrogen-bond acceptors (Lipinski definition) is 6. The summed E-state index contributed by atoms with van der Waals surface area (Å²) in [5, 5.41) is 13.5. The third kappa shape index (κ3) is 3.17. The lowest BCUT2D eigenvalue weighted by molar-refractivity contribution is -0.136. The summed E-state index contributed by atoms with van der Waals surface area (Å²) in [7, 11) is 0. The smallest absolute Gasteiger partial charge is 0.255 e. The molecule has 2 saturated heterocycles. The Morgan fingerprint density at radius 2 is 2.03 bits per heavy atom. The van der Waals surface area contributed by atoms with Crippen molar-refractivity contribution in [3.63, 3.8) is 0 Å². The van der Waals surface area contributed by atoms with Gasteiger partial charge in [-0.3, -0.25) is 24.4 Å². The number of fused-ring (bicyclic) bond motifs is 1. The van der Waals surface area contributed by atoms with Crippen LogP contribution in [0.3, 0.4) is 0 Å². The van der Waals surface area contributed by atoms with Crippen molar-refractivity contribution in [2.24, 2.45) is 0 Å². The Morgan fingerprint density at radius 3 is 2.79 bits per heavy atom. The first kappa shape index (κ1) is 17.9. The molecule has 9 heteroatoms. The predicted molar refractivity (Wildman–Crippen MR) is 104 cm³/mol. The molecule has 150 valence electrons. The Bertz CT molecular complexity index is 996. The fourth-order valence-corrected chi connectivity index (χ4v) is 4.10. The minimum absolute atomic E-state index is 0.155. The van der Waals surface area contributed by atoms with E-state index in [1.165, 1.54) is 0 Å². The van der Waals surface area contributed by atoms with Gasteiger partial charge < -0.3 is 15.5 Å². The molecule has 0 radical (unpaired) electrons. The summed E-state index contributed by atoms with van der Waals surface area (Å²) in [6, 6.07) is 7.40. The molecule has 2 aromatic rings. The van der Waals surface area contributed by atoms with Crippen molar-refractivity contribution in [1.29, 1.82) is 0 Å². The summed E-state index contributed by atoms with van der Waals surface area (Å²) in [5.41, 5.74) is 2.56. The molecule has 0 bridgehead atoms. The van der Waals surface area contributed by atoms with Gasteiger partial charge in [0.25, 0.3) is 5.91 Å². The van der Waals surface area contributed by atoms with Crippen molar-refractivity contribution < 1.29 is 14.4 Å². The van der Waals surface area contributed by atoms with Crippen molar-refractivity contribution in [2.75, 3.05) is 18.4 Å². The average Bonchev–Trinajstić information content (AvgIpc) is 3.24. The fourth-order valence-electron chi connectivity index (χ4n) is 4.10. The maximum absolute atomic E-state index is 12.9. The second-order valence-electron chi connectivity index (χ2n) is 7.69. The molecule has 2 fully saturated rings. The molecule has 1 atom stereocenters. The van der Waals surface area contributed by atoms with Gasteiger partial charge in [-0.05, 0) is 23.6 Å². The minimum atomic E-state index is -0.597. The molecule has 4 heterocycles. The Kier molecular flexibility index (Phi) is 4.31. The molecule has 0 spiro atoms. The van der Waals surface area contributed by atoms with Crippen LogP contribution in [-0.2, 0) is 22.7 Å². The quantitative estimate of drug-likeness (QED) is 0.634. The van der Waals surface area contributed by atoms with E-state index in [0.717, 1.165) is 30.0 Å². The van der Waals surface area contributed by atoms with Gasteiger partial charge in [0, 0.05) is 50.4 Å². The van der Waals surface area contributed by atoms with E-state index in [4.69, 9.17) is 0 Å². The molecule has 3 amide bonds. The molecule has 29 heavy (non-hydrogen) atoms. The minimum Gasteiger partial charge on any atom is -0.365 e. The largest absolute Gasteiger partial charge is 0.365 e. The van der Waals surface area contributed by atoms with Crippen LogP contribution in [0.5, 0.6) is 0 Å². The number of carbonyl (C=O) groups excluding carboxylic acids is 3. The predicted octanol–water partition coefficient (Wildman–Crippen LogP) is 0.401. The van der Waals surface area contributed by atoms with E-state index in [9.17, 15) is 14.4 Å². The topological polar surface area (TPSA) is 108 Å². The number of hydrogen-bond donors (Lipinski definition) is 3. The number of nitrogens with one attached hydrogen (secondary N) is 3. The van der Waals surface area contributed by atoms with Gasteiger partial charge in [0.15, 0.2) is 0 Å². The van der Waals surface area contributed by atoms with Gasteiger partial charge in [-0.2, -0.15) is 5.10 Å². The zero-order valence-corrected chi connectivity index (χ0v) is 15.9. The molecule has 1 unspecified atom stereocenters. The third-order valence-corrected chi connectivity index (χ3v) is 5.88. The van der Waals surface area contributed by atoms with E-state index in [2.05, 4.69) is 21.0 Å². The molecule has 1 aromatic heterocycles. The SMILES string of the molecule is O=C1CCC(N2Cc3c(CNc4ccn(C5CNC5)n4)cccc3C2=O)C(=O)N1. The molecule has 3 aliphatic heterocycles. The van der Waals surface area contributed by atoms with Crippen molar-refractivity contribution >= 4 is 23.5 Å². The zero-order valence-electron chi connectivity index (χ0n) is 15.9. The summed E-state index contributed by atoms with van der Waals surface area (Å²) >= 11 is 0. The summed E-state index contributed by atoms with van der Waals surface area (Å²) in [6.07, 6.45) is 2.59. The molecule has 5 rings (SSSR count). The monoisotopic (exact) mass is 394 g/mol. The van der Waals surface area contributed by atoms with Gasteiger partial charge >= 0.3 is 0 Å². The average molecular weight is 394 g/mol. The molecule has 0 saturated carbocycles. The number of anilines is 1. The van der Waals surface area contributed by atoms with Gasteiger partial charge in [-0.1, -0.05) is 12.1 Å². The van der Waals surface area contributed by atoms with Crippen LogP contribution in [0.25, 0.3) is 0 Å². The van der Waals surface area contributed by atoms with Crippen molar-refractivity contribution in [2.45, 2.75) is 38.0 Å². The highest BCUT2D eigenvalue weighted by atomic mass is 16.2. The number of benzene rings is 1. The Morgan fingerprint density at radius 1 is 1.17 bits per heavy atom. The molecule has 9 nitrogen and oxygen atoms in total. The third-order valence-electron chi connectivity index (χ3n) is 5.88. The van der Waals surface area contributed by atoms with Gasteiger partial charge in [0.05, 0.1) is 6.04 Å². The number of carbonyl (C=O) groups is 3. The van der Waals surface area contributed by atoms with E-state index in [-0.39, 0.29) is 18.2 Å². The maximum atomic E-state index is 12.9. The van der Waals surface area contributed by atoms with Gasteiger partial charge in [0.1, 0.15) is 11.9 Å². The molecule has 3 aliphatic rings. The summed E-state index contributed by atoms with van der Waals surface area (Å²) < 4.78 is 1.96. The van der Waals surface area contributed by atoms with Gasteiger partial charge in [-0.25, -0.2) is 0 Å². The highest BCUT2D eigenvalue weighted by Crippen LogP contribution is 2.30. The maximum Gasteiger partial charge on any atom is 0.255 e. The van der Waals surface area contributed by atoms with Gasteiger partial charge in [0.2, 0.25) is 11.8 Å². The molecule has 0 aliphatic carbocycles. The van der Waals surface area contributed by atoms with Crippen LogP contribution in [-0.4, -0.2) is 51.5 Å². The van der Waals surface area contributed by atoms with E-state index >= 15 is 0 Å². The number of rotatable bonds is 5. The highest BCUT2D eigenvalue weighted by Gasteiger charge is 2.39. The summed E-state index contributed by atoms with van der Waals surface area (Å²) in [6.45, 7) is 2.79. The Balaban J connectivity index is 1.31. The molecule has 3 N–H and O–H groups in total. The van der Waals surface area contributed by atoms with E-state index < -0.39 is 11.9 Å². The first-order valence-electron chi connectivity index (χ1n) is 9.85. The first-order valence-corrected chi connectivity index (χ1v) is 9.85. The van der Waals surface area contributed by atoms with Crippen molar-refractivity contribution in [3.05, 3.63) is 47.2 Å². The second kappa shape index (κ2) is 7.00. The van der Waals surface area contributed by atoms with Crippen LogP contribution >= 0.6 is 0 Å². The molecular weight excluding hydrogens is 372 g/mol. The number of piperidine rings is 1. The molecular formula is C20H22N6O3. The number of aromatic nitrogens is 2. The van der Waals surface area contributed by atoms with Crippen LogP contribution in [0.15, 0.2) is 30.5 Å². The number of imide groups is 1. The lowest BCUT2D eigenvalue weighted by Gasteiger charge is -2.29. The Labute approximate surface area is 167 Å². The highest BCUT2D eigenvalue weighted by molar-refractivity contribution is 6.05. The summed E-state index contributed by atoms with van der Waals surface area (Å²) in [4.78, 5) is 38.1. The lowest BCUT2D eigenvalue weighted by Crippen LogP contribution is -2.52. The van der Waals surface area contributed by atoms with E-state index in [0.29, 0.717) is 31.1 Å². The molecule has 1 aromatic carbocycles. The zero-order chi connectivity index (χ0) is 20.0.